The van der Waals surface area contributed by atoms with E-state index < -0.39 is 5.60 Å². The summed E-state index contributed by atoms with van der Waals surface area (Å²) < 4.78 is 18.9. The maximum atomic E-state index is 13.3. The molecule has 2 heterocycles. The first-order valence-electron chi connectivity index (χ1n) is 10.9. The lowest BCUT2D eigenvalue weighted by molar-refractivity contribution is -0.143. The van der Waals surface area contributed by atoms with Gasteiger partial charge >= 0.3 is 0 Å². The first-order chi connectivity index (χ1) is 15.4. The third-order valence-corrected chi connectivity index (χ3v) is 5.71. The first kappa shape index (κ1) is 22.0. The molecular weight excluding hydrogens is 413 g/mol. The number of aliphatic hydroxyl groups is 1. The molecule has 0 bridgehead atoms. The molecule has 2 amide bonds. The number of piperazine rings is 1. The van der Waals surface area contributed by atoms with Crippen molar-refractivity contribution in [1.29, 1.82) is 0 Å². The molecule has 1 aliphatic heterocycles. The van der Waals surface area contributed by atoms with E-state index in [-0.39, 0.29) is 17.6 Å². The summed E-state index contributed by atoms with van der Waals surface area (Å²) in [6.07, 6.45) is 1.04. The van der Waals surface area contributed by atoms with Gasteiger partial charge in [-0.1, -0.05) is 13.8 Å². The zero-order chi connectivity index (χ0) is 22.9. The van der Waals surface area contributed by atoms with Crippen molar-refractivity contribution in [3.05, 3.63) is 53.8 Å². The molecule has 1 N–H and O–H groups in total. The van der Waals surface area contributed by atoms with Gasteiger partial charge in [0, 0.05) is 43.4 Å². The summed E-state index contributed by atoms with van der Waals surface area (Å²) in [5.41, 5.74) is 0.986. The summed E-state index contributed by atoms with van der Waals surface area (Å²) in [5, 5.41) is 9.98. The molecule has 1 saturated heterocycles. The molecule has 7 nitrogen and oxygen atoms in total. The van der Waals surface area contributed by atoms with Gasteiger partial charge in [0.1, 0.15) is 16.9 Å². The van der Waals surface area contributed by atoms with Crippen molar-refractivity contribution in [3.63, 3.8) is 0 Å². The highest BCUT2D eigenvalue weighted by Gasteiger charge is 2.50. The van der Waals surface area contributed by atoms with Gasteiger partial charge in [0.05, 0.1) is 0 Å². The largest absolute Gasteiger partial charge is 0.436 e. The van der Waals surface area contributed by atoms with Gasteiger partial charge in [-0.05, 0) is 49.2 Å². The second-order valence-corrected chi connectivity index (χ2v) is 7.82. The van der Waals surface area contributed by atoms with E-state index in [0.717, 1.165) is 0 Å². The van der Waals surface area contributed by atoms with Gasteiger partial charge in [0.2, 0.25) is 5.89 Å². The molecule has 1 aliphatic carbocycles. The molecule has 0 atom stereocenters. The van der Waals surface area contributed by atoms with Crippen LogP contribution in [0.4, 0.5) is 4.39 Å². The Labute approximate surface area is 185 Å². The smallest absolute Gasteiger partial charge is 0.254 e. The number of hydrogen-bond acceptors (Lipinski definition) is 5. The molecule has 32 heavy (non-hydrogen) atoms. The van der Waals surface area contributed by atoms with Gasteiger partial charge in [-0.25, -0.2) is 9.37 Å². The van der Waals surface area contributed by atoms with Crippen LogP contribution in [0.25, 0.3) is 22.6 Å². The summed E-state index contributed by atoms with van der Waals surface area (Å²) in [5.74, 6) is -0.366. The first-order valence-corrected chi connectivity index (χ1v) is 10.9. The van der Waals surface area contributed by atoms with Crippen LogP contribution in [0.3, 0.4) is 0 Å². The molecular formula is C24H26FN3O4. The number of carbonyl (C=O) groups excluding carboxylic acids is 2. The van der Waals surface area contributed by atoms with E-state index in [0.29, 0.717) is 67.1 Å². The Kier molecular flexibility index (Phi) is 5.97. The molecule has 5 rings (SSSR count). The van der Waals surface area contributed by atoms with E-state index in [1.165, 1.54) is 12.1 Å². The lowest BCUT2D eigenvalue weighted by atomic mass is 10.1. The molecule has 0 spiro atoms. The predicted molar refractivity (Wildman–Crippen MR) is 117 cm³/mol. The Morgan fingerprint density at radius 2 is 1.62 bits per heavy atom. The van der Waals surface area contributed by atoms with Crippen LogP contribution in [0.15, 0.2) is 46.9 Å². The molecule has 2 aromatic carbocycles. The van der Waals surface area contributed by atoms with Crippen molar-refractivity contribution in [1.82, 2.24) is 14.8 Å². The van der Waals surface area contributed by atoms with Crippen molar-refractivity contribution in [2.75, 3.05) is 26.2 Å². The van der Waals surface area contributed by atoms with Gasteiger partial charge in [0.25, 0.3) is 11.8 Å². The van der Waals surface area contributed by atoms with Crippen LogP contribution in [0.5, 0.6) is 0 Å². The maximum Gasteiger partial charge on any atom is 0.254 e. The standard InChI is InChI=1S/C22H20FN3O4.C2H6/c23-16-5-6-17-18(13-16)30-19(24-17)14-1-3-15(4-2-14)20(27)25-9-11-26(12-10-25)21(28)22(29)7-8-22;1-2/h1-6,13,29H,7-12H2;1-2H3. The highest BCUT2D eigenvalue weighted by atomic mass is 19.1. The van der Waals surface area contributed by atoms with Crippen molar-refractivity contribution < 1.29 is 23.5 Å². The van der Waals surface area contributed by atoms with E-state index >= 15 is 0 Å². The van der Waals surface area contributed by atoms with E-state index in [4.69, 9.17) is 4.42 Å². The number of rotatable bonds is 3. The third-order valence-electron chi connectivity index (χ3n) is 5.71. The highest BCUT2D eigenvalue weighted by molar-refractivity contribution is 5.95. The van der Waals surface area contributed by atoms with Gasteiger partial charge < -0.3 is 19.3 Å². The number of carbonyl (C=O) groups is 2. The van der Waals surface area contributed by atoms with E-state index in [2.05, 4.69) is 4.98 Å². The zero-order valence-corrected chi connectivity index (χ0v) is 18.2. The van der Waals surface area contributed by atoms with Crippen LogP contribution in [-0.4, -0.2) is 63.5 Å². The summed E-state index contributed by atoms with van der Waals surface area (Å²) in [4.78, 5) is 32.7. The Bertz CT molecular complexity index is 1130. The van der Waals surface area contributed by atoms with E-state index in [1.807, 2.05) is 13.8 Å². The molecule has 0 radical (unpaired) electrons. The van der Waals surface area contributed by atoms with Crippen LogP contribution in [0.2, 0.25) is 0 Å². The predicted octanol–water partition coefficient (Wildman–Crippen LogP) is 3.47. The number of nitrogens with zero attached hydrogens (tertiary/aromatic N) is 3. The molecule has 1 saturated carbocycles. The molecule has 1 aromatic heterocycles. The molecule has 0 unspecified atom stereocenters. The maximum absolute atomic E-state index is 13.3. The number of benzene rings is 2. The molecule has 8 heteroatoms. The Morgan fingerprint density at radius 1 is 1.00 bits per heavy atom. The van der Waals surface area contributed by atoms with Crippen molar-refractivity contribution in [2.45, 2.75) is 32.3 Å². The average Bonchev–Trinajstić information content (AvgIpc) is 3.45. The number of amides is 2. The summed E-state index contributed by atoms with van der Waals surface area (Å²) in [7, 11) is 0. The highest BCUT2D eigenvalue weighted by Crippen LogP contribution is 2.37. The third kappa shape index (κ3) is 4.23. The Hall–Kier alpha value is -3.26. The summed E-state index contributed by atoms with van der Waals surface area (Å²) in [6.45, 7) is 5.70. The van der Waals surface area contributed by atoms with Crippen LogP contribution in [0.1, 0.15) is 37.0 Å². The van der Waals surface area contributed by atoms with Crippen molar-refractivity contribution >= 4 is 22.9 Å². The van der Waals surface area contributed by atoms with Crippen molar-refractivity contribution in [3.8, 4) is 11.5 Å². The number of hydrogen-bond donors (Lipinski definition) is 1. The second-order valence-electron chi connectivity index (χ2n) is 7.82. The Balaban J connectivity index is 0.00000119. The van der Waals surface area contributed by atoms with Crippen LogP contribution in [0, 0.1) is 5.82 Å². The molecule has 2 fully saturated rings. The second kappa shape index (κ2) is 8.70. The Morgan fingerprint density at radius 3 is 2.25 bits per heavy atom. The lowest BCUT2D eigenvalue weighted by Crippen LogP contribution is -2.53. The molecule has 168 valence electrons. The van der Waals surface area contributed by atoms with Crippen LogP contribution >= 0.6 is 0 Å². The number of oxazole rings is 1. The fraction of sp³-hybridized carbons (Fsp3) is 0.375. The van der Waals surface area contributed by atoms with Crippen LogP contribution in [-0.2, 0) is 4.79 Å². The van der Waals surface area contributed by atoms with E-state index in [1.54, 1.807) is 40.1 Å². The SMILES string of the molecule is CC.O=C(c1ccc(-c2nc3ccc(F)cc3o2)cc1)N1CCN(C(=O)C2(O)CC2)CC1. The van der Waals surface area contributed by atoms with E-state index in [9.17, 15) is 19.1 Å². The topological polar surface area (TPSA) is 86.9 Å². The summed E-state index contributed by atoms with van der Waals surface area (Å²) >= 11 is 0. The van der Waals surface area contributed by atoms with Gasteiger partial charge in [-0.15, -0.1) is 0 Å². The minimum atomic E-state index is -1.17. The number of halogens is 1. The normalized spacial score (nSPS) is 17.0. The van der Waals surface area contributed by atoms with Crippen molar-refractivity contribution in [2.24, 2.45) is 0 Å². The monoisotopic (exact) mass is 439 g/mol. The molecule has 2 aliphatic rings. The van der Waals surface area contributed by atoms with Gasteiger partial charge in [0.15, 0.2) is 5.58 Å². The zero-order valence-electron chi connectivity index (χ0n) is 18.2. The fourth-order valence-electron chi connectivity index (χ4n) is 3.70. The summed E-state index contributed by atoms with van der Waals surface area (Å²) in [6, 6.07) is 11.1. The minimum Gasteiger partial charge on any atom is -0.436 e. The van der Waals surface area contributed by atoms with Crippen LogP contribution < -0.4 is 0 Å². The molecule has 3 aromatic rings. The fourth-order valence-corrected chi connectivity index (χ4v) is 3.70. The quantitative estimate of drug-likeness (QED) is 0.675. The minimum absolute atomic E-state index is 0.113. The van der Waals surface area contributed by atoms with Gasteiger partial charge in [-0.2, -0.15) is 0 Å². The lowest BCUT2D eigenvalue weighted by Gasteiger charge is -2.35. The van der Waals surface area contributed by atoms with Gasteiger partial charge in [-0.3, -0.25) is 9.59 Å². The average molecular weight is 439 g/mol. The number of aromatic nitrogens is 1. The number of fused-ring (bicyclic) bond motifs is 1.